The van der Waals surface area contributed by atoms with Crippen LogP contribution in [0.15, 0.2) is 24.5 Å². The second-order valence-corrected chi connectivity index (χ2v) is 5.32. The molecule has 8 heteroatoms. The first-order valence-corrected chi connectivity index (χ1v) is 7.29. The number of hydrogen-bond donors (Lipinski definition) is 1. The molecule has 1 saturated heterocycles. The van der Waals surface area contributed by atoms with E-state index in [1.165, 1.54) is 18.2 Å². The van der Waals surface area contributed by atoms with Crippen LogP contribution < -0.4 is 10.3 Å². The van der Waals surface area contributed by atoms with Crippen LogP contribution >= 0.6 is 0 Å². The standard InChI is InChI=1S/C15H19N3O5/c1-22-14(20)12-5-3-7-18(9-12)15(21)23-10-17-6-2-4-11(8-17)13(16)19/h2,4,6,8,12H,3,5,7,9-10H2,1H3,(H-,16,19)/p+1. The van der Waals surface area contributed by atoms with Crippen LogP contribution in [-0.2, 0) is 21.0 Å². The van der Waals surface area contributed by atoms with Gasteiger partial charge in [0.05, 0.1) is 13.0 Å². The topological polar surface area (TPSA) is 103 Å². The maximum Gasteiger partial charge on any atom is 0.414 e. The van der Waals surface area contributed by atoms with Gasteiger partial charge in [0.2, 0.25) is 0 Å². The predicted octanol–water partition coefficient (Wildman–Crippen LogP) is 0.0521. The fraction of sp³-hybridized carbons (Fsp3) is 0.467. The molecule has 1 aromatic heterocycles. The van der Waals surface area contributed by atoms with Crippen molar-refractivity contribution in [3.05, 3.63) is 30.1 Å². The number of aromatic nitrogens is 1. The van der Waals surface area contributed by atoms with Gasteiger partial charge in [-0.2, -0.15) is 4.57 Å². The van der Waals surface area contributed by atoms with Crippen LogP contribution in [0.2, 0.25) is 0 Å². The van der Waals surface area contributed by atoms with Crippen LogP contribution in [0.3, 0.4) is 0 Å². The van der Waals surface area contributed by atoms with Gasteiger partial charge in [0, 0.05) is 19.2 Å². The number of primary amides is 1. The Labute approximate surface area is 133 Å². The molecule has 0 aliphatic carbocycles. The summed E-state index contributed by atoms with van der Waals surface area (Å²) in [6, 6.07) is 3.22. The van der Waals surface area contributed by atoms with Gasteiger partial charge >= 0.3 is 12.1 Å². The monoisotopic (exact) mass is 322 g/mol. The second-order valence-electron chi connectivity index (χ2n) is 5.32. The number of methoxy groups -OCH3 is 1. The fourth-order valence-electron chi connectivity index (χ4n) is 2.47. The van der Waals surface area contributed by atoms with E-state index in [4.69, 9.17) is 15.2 Å². The Kier molecular flexibility index (Phi) is 5.51. The van der Waals surface area contributed by atoms with E-state index in [0.717, 1.165) is 6.42 Å². The van der Waals surface area contributed by atoms with E-state index >= 15 is 0 Å². The Morgan fingerprint density at radius 3 is 2.91 bits per heavy atom. The molecule has 1 fully saturated rings. The van der Waals surface area contributed by atoms with Gasteiger partial charge in [-0.15, -0.1) is 0 Å². The van der Waals surface area contributed by atoms with Crippen molar-refractivity contribution in [1.82, 2.24) is 4.90 Å². The van der Waals surface area contributed by atoms with Crippen molar-refractivity contribution in [2.75, 3.05) is 20.2 Å². The molecule has 1 aliphatic rings. The number of carbonyl (C=O) groups is 3. The summed E-state index contributed by atoms with van der Waals surface area (Å²) in [5, 5.41) is 0. The molecule has 8 nitrogen and oxygen atoms in total. The normalized spacial score (nSPS) is 17.4. The molecular weight excluding hydrogens is 302 g/mol. The Bertz CT molecular complexity index is 605. The maximum atomic E-state index is 12.1. The third-order valence-corrected chi connectivity index (χ3v) is 3.69. The number of amides is 2. The van der Waals surface area contributed by atoms with E-state index in [-0.39, 0.29) is 25.2 Å². The zero-order valence-electron chi connectivity index (χ0n) is 12.9. The minimum absolute atomic E-state index is 0.0423. The molecular formula is C15H20N3O5+. The Balaban J connectivity index is 1.90. The number of rotatable bonds is 4. The number of esters is 1. The lowest BCUT2D eigenvalue weighted by Gasteiger charge is -2.30. The lowest BCUT2D eigenvalue weighted by Crippen LogP contribution is -2.45. The third kappa shape index (κ3) is 4.41. The first-order chi connectivity index (χ1) is 11.0. The van der Waals surface area contributed by atoms with Crippen molar-refractivity contribution in [3.63, 3.8) is 0 Å². The van der Waals surface area contributed by atoms with Gasteiger partial charge < -0.3 is 20.1 Å². The number of ether oxygens (including phenoxy) is 2. The van der Waals surface area contributed by atoms with Gasteiger partial charge in [-0.05, 0) is 18.9 Å². The zero-order valence-corrected chi connectivity index (χ0v) is 12.9. The lowest BCUT2D eigenvalue weighted by molar-refractivity contribution is -0.727. The van der Waals surface area contributed by atoms with Gasteiger partial charge in [0.1, 0.15) is 5.56 Å². The molecule has 2 N–H and O–H groups in total. The number of hydrogen-bond acceptors (Lipinski definition) is 5. The fourth-order valence-corrected chi connectivity index (χ4v) is 2.47. The lowest BCUT2D eigenvalue weighted by atomic mass is 9.99. The molecule has 0 radical (unpaired) electrons. The molecule has 0 bridgehead atoms. The highest BCUT2D eigenvalue weighted by Gasteiger charge is 2.30. The second kappa shape index (κ2) is 7.57. The number of nitrogens with zero attached hydrogens (tertiary/aromatic N) is 2. The average Bonchev–Trinajstić information content (AvgIpc) is 2.59. The molecule has 2 amide bonds. The quantitative estimate of drug-likeness (QED) is 0.623. The van der Waals surface area contributed by atoms with E-state index < -0.39 is 12.0 Å². The Morgan fingerprint density at radius 1 is 1.43 bits per heavy atom. The summed E-state index contributed by atoms with van der Waals surface area (Å²) in [7, 11) is 1.34. The minimum atomic E-state index is -0.553. The van der Waals surface area contributed by atoms with Crippen LogP contribution in [0, 0.1) is 5.92 Å². The summed E-state index contributed by atoms with van der Waals surface area (Å²) in [5.41, 5.74) is 5.53. The first-order valence-electron chi connectivity index (χ1n) is 7.29. The molecule has 2 heterocycles. The van der Waals surface area contributed by atoms with Crippen molar-refractivity contribution in [2.24, 2.45) is 11.7 Å². The van der Waals surface area contributed by atoms with Gasteiger partial charge in [0.15, 0.2) is 12.4 Å². The van der Waals surface area contributed by atoms with Crippen LogP contribution in [0.1, 0.15) is 23.2 Å². The molecule has 1 aromatic rings. The van der Waals surface area contributed by atoms with E-state index in [2.05, 4.69) is 0 Å². The summed E-state index contributed by atoms with van der Waals surface area (Å²) in [6.07, 6.45) is 4.08. The molecule has 1 aliphatic heterocycles. The Morgan fingerprint density at radius 2 is 2.22 bits per heavy atom. The first kappa shape index (κ1) is 16.7. The molecule has 1 atom stereocenters. The smallest absolute Gasteiger partial charge is 0.414 e. The number of nitrogens with two attached hydrogens (primary N) is 1. The Hall–Kier alpha value is -2.64. The highest BCUT2D eigenvalue weighted by Crippen LogP contribution is 2.18. The van der Waals surface area contributed by atoms with Gasteiger partial charge in [-0.1, -0.05) is 0 Å². The number of likely N-dealkylation sites (tertiary alicyclic amines) is 1. The third-order valence-electron chi connectivity index (χ3n) is 3.69. The molecule has 2 rings (SSSR count). The zero-order chi connectivity index (χ0) is 16.8. The highest BCUT2D eigenvalue weighted by atomic mass is 16.6. The molecule has 23 heavy (non-hydrogen) atoms. The maximum absolute atomic E-state index is 12.1. The van der Waals surface area contributed by atoms with E-state index in [0.29, 0.717) is 18.5 Å². The van der Waals surface area contributed by atoms with Gasteiger partial charge in [-0.3, -0.25) is 9.59 Å². The largest absolute Gasteiger partial charge is 0.469 e. The molecule has 0 saturated carbocycles. The number of piperidine rings is 1. The van der Waals surface area contributed by atoms with E-state index in [9.17, 15) is 14.4 Å². The van der Waals surface area contributed by atoms with Gasteiger partial charge in [-0.25, -0.2) is 4.79 Å². The van der Waals surface area contributed by atoms with Crippen molar-refractivity contribution >= 4 is 18.0 Å². The van der Waals surface area contributed by atoms with Crippen molar-refractivity contribution < 1.29 is 28.4 Å². The minimum Gasteiger partial charge on any atom is -0.469 e. The number of pyridine rings is 1. The van der Waals surface area contributed by atoms with Crippen LogP contribution in [0.5, 0.6) is 0 Å². The van der Waals surface area contributed by atoms with Crippen LogP contribution in [-0.4, -0.2) is 43.1 Å². The van der Waals surface area contributed by atoms with E-state index in [1.54, 1.807) is 22.9 Å². The van der Waals surface area contributed by atoms with Crippen molar-refractivity contribution in [3.8, 4) is 0 Å². The molecule has 1 unspecified atom stereocenters. The molecule has 0 aromatic carbocycles. The van der Waals surface area contributed by atoms with E-state index in [1.807, 2.05) is 0 Å². The summed E-state index contributed by atoms with van der Waals surface area (Å²) in [4.78, 5) is 36.3. The van der Waals surface area contributed by atoms with Crippen LogP contribution in [0.25, 0.3) is 0 Å². The van der Waals surface area contributed by atoms with Crippen molar-refractivity contribution in [1.29, 1.82) is 0 Å². The average molecular weight is 322 g/mol. The molecule has 124 valence electrons. The molecule has 0 spiro atoms. The summed E-state index contributed by atoms with van der Waals surface area (Å²) in [6.45, 7) is 0.787. The SMILES string of the molecule is COC(=O)C1CCCN(C(=O)OC[n+]2cccc(C(N)=O)c2)C1. The highest BCUT2D eigenvalue weighted by molar-refractivity contribution is 5.92. The predicted molar refractivity (Wildman–Crippen MR) is 77.9 cm³/mol. The number of carbonyl (C=O) groups excluding carboxylic acids is 3. The summed E-state index contributed by atoms with van der Waals surface area (Å²) < 4.78 is 11.5. The van der Waals surface area contributed by atoms with Crippen molar-refractivity contribution in [2.45, 2.75) is 19.6 Å². The summed E-state index contributed by atoms with van der Waals surface area (Å²) in [5.74, 6) is -1.18. The summed E-state index contributed by atoms with van der Waals surface area (Å²) >= 11 is 0. The van der Waals surface area contributed by atoms with Gasteiger partial charge in [0.25, 0.3) is 12.6 Å². The van der Waals surface area contributed by atoms with Crippen LogP contribution in [0.4, 0.5) is 4.79 Å².